The monoisotopic (exact) mass is 280 g/mol. The van der Waals surface area contributed by atoms with Crippen molar-refractivity contribution in [2.24, 2.45) is 11.8 Å². The minimum atomic E-state index is -0.838. The van der Waals surface area contributed by atoms with E-state index in [1.54, 1.807) is 11.8 Å². The Labute approximate surface area is 117 Å². The number of hydrogen-bond acceptors (Lipinski definition) is 3. The quantitative estimate of drug-likeness (QED) is 0.807. The molecule has 0 radical (unpaired) electrons. The summed E-state index contributed by atoms with van der Waals surface area (Å²) in [5.41, 5.74) is 0. The average molecular weight is 280 g/mol. The normalized spacial score (nSPS) is 33.9. The van der Waals surface area contributed by atoms with Gasteiger partial charge in [0.25, 0.3) is 0 Å². The van der Waals surface area contributed by atoms with E-state index in [1.807, 2.05) is 4.90 Å². The lowest BCUT2D eigenvalue weighted by atomic mass is 10.0. The molecule has 6 heteroatoms. The molecule has 6 nitrogen and oxygen atoms in total. The van der Waals surface area contributed by atoms with Crippen molar-refractivity contribution in [1.29, 1.82) is 0 Å². The highest BCUT2D eigenvalue weighted by atomic mass is 16.4. The lowest BCUT2D eigenvalue weighted by Crippen LogP contribution is -2.42. The fraction of sp³-hybridized carbons (Fsp3) is 0.786. The second-order valence-electron chi connectivity index (χ2n) is 6.18. The van der Waals surface area contributed by atoms with Gasteiger partial charge in [0.1, 0.15) is 0 Å². The fourth-order valence-corrected chi connectivity index (χ4v) is 3.45. The lowest BCUT2D eigenvalue weighted by Gasteiger charge is -2.26. The summed E-state index contributed by atoms with van der Waals surface area (Å²) in [5, 5.41) is 9.11. The third-order valence-corrected chi connectivity index (χ3v) is 4.85. The molecule has 0 aromatic carbocycles. The van der Waals surface area contributed by atoms with Crippen LogP contribution in [0.4, 0.5) is 0 Å². The largest absolute Gasteiger partial charge is 0.481 e. The van der Waals surface area contributed by atoms with E-state index in [0.717, 1.165) is 12.8 Å². The maximum atomic E-state index is 12.5. The van der Waals surface area contributed by atoms with Crippen LogP contribution >= 0.6 is 0 Å². The van der Waals surface area contributed by atoms with Crippen LogP contribution in [0.2, 0.25) is 0 Å². The lowest BCUT2D eigenvalue weighted by molar-refractivity contribution is -0.143. The van der Waals surface area contributed by atoms with Crippen molar-refractivity contribution in [3.05, 3.63) is 0 Å². The third kappa shape index (κ3) is 2.17. The van der Waals surface area contributed by atoms with Gasteiger partial charge >= 0.3 is 5.97 Å². The number of aliphatic carboxylic acids is 1. The van der Waals surface area contributed by atoms with Crippen molar-refractivity contribution in [3.63, 3.8) is 0 Å². The first-order valence-corrected chi connectivity index (χ1v) is 7.31. The van der Waals surface area contributed by atoms with Gasteiger partial charge in [-0.1, -0.05) is 0 Å². The van der Waals surface area contributed by atoms with Crippen LogP contribution in [0, 0.1) is 11.8 Å². The summed E-state index contributed by atoms with van der Waals surface area (Å²) in [4.78, 5) is 39.0. The Bertz CT molecular complexity index is 460. The number of carboxylic acids is 1. The van der Waals surface area contributed by atoms with E-state index < -0.39 is 11.9 Å². The number of carbonyl (C=O) groups is 3. The number of hydrogen-bond donors (Lipinski definition) is 1. The first-order valence-electron chi connectivity index (χ1n) is 7.31. The minimum absolute atomic E-state index is 0.0437. The van der Waals surface area contributed by atoms with Crippen LogP contribution in [-0.2, 0) is 14.4 Å². The topological polar surface area (TPSA) is 77.9 Å². The summed E-state index contributed by atoms with van der Waals surface area (Å²) in [6.07, 6.45) is 2.90. The Morgan fingerprint density at radius 1 is 1.25 bits per heavy atom. The number of amides is 2. The summed E-state index contributed by atoms with van der Waals surface area (Å²) in [7, 11) is 0. The van der Waals surface area contributed by atoms with Gasteiger partial charge in [-0.25, -0.2) is 0 Å². The maximum absolute atomic E-state index is 12.5. The highest BCUT2D eigenvalue weighted by molar-refractivity contribution is 5.90. The van der Waals surface area contributed by atoms with E-state index in [1.165, 1.54) is 0 Å². The zero-order valence-corrected chi connectivity index (χ0v) is 11.6. The zero-order chi connectivity index (χ0) is 14.4. The molecule has 2 aliphatic heterocycles. The van der Waals surface area contributed by atoms with Gasteiger partial charge in [-0.05, 0) is 26.2 Å². The molecule has 3 rings (SSSR count). The first-order chi connectivity index (χ1) is 9.49. The Hall–Kier alpha value is -1.59. The zero-order valence-electron chi connectivity index (χ0n) is 11.6. The van der Waals surface area contributed by atoms with Crippen molar-refractivity contribution in [3.8, 4) is 0 Å². The van der Waals surface area contributed by atoms with E-state index >= 15 is 0 Å². The van der Waals surface area contributed by atoms with Crippen molar-refractivity contribution in [1.82, 2.24) is 9.80 Å². The summed E-state index contributed by atoms with van der Waals surface area (Å²) in [6.45, 7) is 2.80. The summed E-state index contributed by atoms with van der Waals surface area (Å²) in [6, 6.07) is 0.0770. The molecule has 0 spiro atoms. The van der Waals surface area contributed by atoms with Gasteiger partial charge in [0.15, 0.2) is 0 Å². The molecule has 0 aromatic rings. The predicted molar refractivity (Wildman–Crippen MR) is 69.8 cm³/mol. The van der Waals surface area contributed by atoms with Gasteiger partial charge in [-0.15, -0.1) is 0 Å². The van der Waals surface area contributed by atoms with Crippen LogP contribution in [0.25, 0.3) is 0 Å². The molecule has 3 atom stereocenters. The molecule has 2 heterocycles. The molecule has 20 heavy (non-hydrogen) atoms. The number of likely N-dealkylation sites (tertiary alicyclic amines) is 2. The second-order valence-corrected chi connectivity index (χ2v) is 6.18. The van der Waals surface area contributed by atoms with Crippen LogP contribution < -0.4 is 0 Å². The smallest absolute Gasteiger partial charge is 0.308 e. The number of carboxylic acid groups (broad SMARTS) is 1. The Kier molecular flexibility index (Phi) is 3.18. The van der Waals surface area contributed by atoms with Gasteiger partial charge in [0, 0.05) is 31.6 Å². The maximum Gasteiger partial charge on any atom is 0.308 e. The standard InChI is InChI=1S/C14H20N2O4/c1-8-11(14(19)20)4-5-15(8)13(18)9-6-12(17)16(7-9)10-2-3-10/h8-11H,2-7H2,1H3,(H,19,20). The third-order valence-electron chi connectivity index (χ3n) is 4.85. The Balaban J connectivity index is 1.65. The van der Waals surface area contributed by atoms with Crippen LogP contribution in [0.15, 0.2) is 0 Å². The average Bonchev–Trinajstić information content (AvgIpc) is 3.05. The molecule has 1 saturated carbocycles. The van der Waals surface area contributed by atoms with Crippen molar-refractivity contribution >= 4 is 17.8 Å². The Morgan fingerprint density at radius 2 is 1.95 bits per heavy atom. The first kappa shape index (κ1) is 13.4. The van der Waals surface area contributed by atoms with Gasteiger partial charge in [0.05, 0.1) is 11.8 Å². The molecular weight excluding hydrogens is 260 g/mol. The molecule has 3 fully saturated rings. The number of rotatable bonds is 3. The molecule has 1 aliphatic carbocycles. The second kappa shape index (κ2) is 4.75. The van der Waals surface area contributed by atoms with Crippen LogP contribution in [-0.4, -0.2) is 57.9 Å². The SMILES string of the molecule is CC1C(C(=O)O)CCN1C(=O)C1CC(=O)N(C2CC2)C1. The van der Waals surface area contributed by atoms with Crippen LogP contribution in [0.3, 0.4) is 0 Å². The highest BCUT2D eigenvalue weighted by Crippen LogP contribution is 2.34. The highest BCUT2D eigenvalue weighted by Gasteiger charge is 2.46. The molecule has 2 saturated heterocycles. The molecule has 0 aromatic heterocycles. The van der Waals surface area contributed by atoms with Gasteiger partial charge < -0.3 is 14.9 Å². The number of carbonyl (C=O) groups excluding carboxylic acids is 2. The number of nitrogens with zero attached hydrogens (tertiary/aromatic N) is 2. The van der Waals surface area contributed by atoms with E-state index in [4.69, 9.17) is 5.11 Å². The van der Waals surface area contributed by atoms with E-state index in [0.29, 0.717) is 25.6 Å². The van der Waals surface area contributed by atoms with Crippen molar-refractivity contribution < 1.29 is 19.5 Å². The summed E-state index contributed by atoms with van der Waals surface area (Å²) >= 11 is 0. The van der Waals surface area contributed by atoms with E-state index in [2.05, 4.69) is 0 Å². The minimum Gasteiger partial charge on any atom is -0.481 e. The van der Waals surface area contributed by atoms with Gasteiger partial charge in [0.2, 0.25) is 11.8 Å². The van der Waals surface area contributed by atoms with E-state index in [-0.39, 0.29) is 30.2 Å². The molecule has 1 N–H and O–H groups in total. The van der Waals surface area contributed by atoms with Crippen LogP contribution in [0.5, 0.6) is 0 Å². The molecule has 110 valence electrons. The van der Waals surface area contributed by atoms with E-state index in [9.17, 15) is 14.4 Å². The molecule has 0 bridgehead atoms. The van der Waals surface area contributed by atoms with Gasteiger partial charge in [-0.3, -0.25) is 14.4 Å². The molecular formula is C14H20N2O4. The molecule has 3 aliphatic rings. The summed E-state index contributed by atoms with van der Waals surface area (Å²) in [5.74, 6) is -1.56. The predicted octanol–water partition coefficient (Wildman–Crippen LogP) is 0.319. The fourth-order valence-electron chi connectivity index (χ4n) is 3.45. The Morgan fingerprint density at radius 3 is 2.50 bits per heavy atom. The van der Waals surface area contributed by atoms with Crippen molar-refractivity contribution in [2.75, 3.05) is 13.1 Å². The molecule has 2 amide bonds. The molecule has 3 unspecified atom stereocenters. The van der Waals surface area contributed by atoms with Crippen LogP contribution in [0.1, 0.15) is 32.6 Å². The summed E-state index contributed by atoms with van der Waals surface area (Å²) < 4.78 is 0. The van der Waals surface area contributed by atoms with Crippen molar-refractivity contribution in [2.45, 2.75) is 44.7 Å². The van der Waals surface area contributed by atoms with Gasteiger partial charge in [-0.2, -0.15) is 0 Å².